The first-order valence-corrected chi connectivity index (χ1v) is 8.97. The van der Waals surface area contributed by atoms with Crippen molar-refractivity contribution in [3.05, 3.63) is 51.8 Å². The van der Waals surface area contributed by atoms with Gasteiger partial charge in [-0.3, -0.25) is 0 Å². The van der Waals surface area contributed by atoms with Crippen molar-refractivity contribution in [2.24, 2.45) is 0 Å². The quantitative estimate of drug-likeness (QED) is 0.500. The number of halogens is 2. The molecule has 1 aromatic heterocycles. The Morgan fingerprint density at radius 1 is 0.966 bits per heavy atom. The molecular weight excluding hydrogens is 423 g/mol. The lowest BCUT2D eigenvalue weighted by atomic mass is 10.2. The average molecular weight is 439 g/mol. The normalized spacial score (nSPS) is 10.5. The fraction of sp³-hybridized carbons (Fsp3) is 0.211. The average Bonchev–Trinajstić information content (AvgIpc) is 3.21. The standard InChI is InChI=1S/C19H16Cl2N2O6/c1-25-14-7-11(8-15(26-2)17(14)27-3)18-23-22-16(29-18)9-28-19(24)10-4-5-12(20)13(21)6-10/h4-8H,9H2,1-3H3. The molecule has 0 bridgehead atoms. The molecule has 10 heteroatoms. The van der Waals surface area contributed by atoms with Crippen molar-refractivity contribution in [2.75, 3.05) is 21.3 Å². The Bertz CT molecular complexity index is 1010. The zero-order chi connectivity index (χ0) is 21.0. The third-order valence-electron chi connectivity index (χ3n) is 3.86. The first-order valence-electron chi connectivity index (χ1n) is 8.21. The van der Waals surface area contributed by atoms with E-state index >= 15 is 0 Å². The molecule has 0 amide bonds. The van der Waals surface area contributed by atoms with Gasteiger partial charge in [-0.25, -0.2) is 4.79 Å². The fourth-order valence-electron chi connectivity index (χ4n) is 2.47. The van der Waals surface area contributed by atoms with E-state index in [0.717, 1.165) is 0 Å². The van der Waals surface area contributed by atoms with Gasteiger partial charge >= 0.3 is 5.97 Å². The number of esters is 1. The predicted octanol–water partition coefficient (Wildman–Crippen LogP) is 4.43. The molecule has 0 fully saturated rings. The van der Waals surface area contributed by atoms with Gasteiger partial charge in [0.05, 0.1) is 36.9 Å². The molecule has 3 aromatic rings. The summed E-state index contributed by atoms with van der Waals surface area (Å²) in [7, 11) is 4.51. The molecule has 0 saturated heterocycles. The van der Waals surface area contributed by atoms with Crippen molar-refractivity contribution in [2.45, 2.75) is 6.61 Å². The molecule has 0 aliphatic heterocycles. The second-order valence-corrected chi connectivity index (χ2v) is 6.43. The summed E-state index contributed by atoms with van der Waals surface area (Å²) in [4.78, 5) is 12.1. The Hall–Kier alpha value is -2.97. The maximum Gasteiger partial charge on any atom is 0.338 e. The van der Waals surface area contributed by atoms with Crippen LogP contribution >= 0.6 is 23.2 Å². The van der Waals surface area contributed by atoms with Crippen molar-refractivity contribution in [1.29, 1.82) is 0 Å². The molecule has 0 saturated carbocycles. The molecule has 3 rings (SSSR count). The van der Waals surface area contributed by atoms with Crippen LogP contribution in [0, 0.1) is 0 Å². The molecule has 2 aromatic carbocycles. The lowest BCUT2D eigenvalue weighted by Gasteiger charge is -2.12. The lowest BCUT2D eigenvalue weighted by molar-refractivity contribution is 0.0438. The number of aromatic nitrogens is 2. The highest BCUT2D eigenvalue weighted by molar-refractivity contribution is 6.42. The van der Waals surface area contributed by atoms with Gasteiger partial charge in [-0.2, -0.15) is 0 Å². The topological polar surface area (TPSA) is 92.9 Å². The van der Waals surface area contributed by atoms with Crippen LogP contribution in [0.25, 0.3) is 11.5 Å². The van der Waals surface area contributed by atoms with Crippen LogP contribution in [-0.4, -0.2) is 37.5 Å². The van der Waals surface area contributed by atoms with E-state index in [0.29, 0.717) is 27.8 Å². The molecule has 0 atom stereocenters. The monoisotopic (exact) mass is 438 g/mol. The molecule has 0 aliphatic carbocycles. The maximum atomic E-state index is 12.1. The van der Waals surface area contributed by atoms with Crippen molar-refractivity contribution < 1.29 is 28.2 Å². The van der Waals surface area contributed by atoms with Gasteiger partial charge in [0.2, 0.25) is 11.6 Å². The smallest absolute Gasteiger partial charge is 0.338 e. The number of carbonyl (C=O) groups excluding carboxylic acids is 1. The number of rotatable bonds is 7. The Morgan fingerprint density at radius 3 is 2.24 bits per heavy atom. The van der Waals surface area contributed by atoms with E-state index in [9.17, 15) is 4.79 Å². The second-order valence-electron chi connectivity index (χ2n) is 5.62. The highest BCUT2D eigenvalue weighted by atomic mass is 35.5. The number of methoxy groups -OCH3 is 3. The van der Waals surface area contributed by atoms with Crippen molar-refractivity contribution in [3.8, 4) is 28.7 Å². The summed E-state index contributed by atoms with van der Waals surface area (Å²) in [6.07, 6.45) is 0. The lowest BCUT2D eigenvalue weighted by Crippen LogP contribution is -2.05. The van der Waals surface area contributed by atoms with Gasteiger partial charge in [0, 0.05) is 5.56 Å². The first-order chi connectivity index (χ1) is 14.0. The molecule has 0 spiro atoms. The SMILES string of the molecule is COc1cc(-c2nnc(COC(=O)c3ccc(Cl)c(Cl)c3)o2)cc(OC)c1OC. The van der Waals surface area contributed by atoms with E-state index in [1.54, 1.807) is 12.1 Å². The minimum Gasteiger partial charge on any atom is -0.493 e. The van der Waals surface area contributed by atoms with Crippen molar-refractivity contribution in [1.82, 2.24) is 10.2 Å². The predicted molar refractivity (Wildman–Crippen MR) is 105 cm³/mol. The van der Waals surface area contributed by atoms with Gasteiger partial charge in [-0.1, -0.05) is 23.2 Å². The van der Waals surface area contributed by atoms with Crippen LogP contribution in [0.5, 0.6) is 17.2 Å². The number of nitrogens with zero attached hydrogens (tertiary/aromatic N) is 2. The summed E-state index contributed by atoms with van der Waals surface area (Å²) in [5.74, 6) is 1.03. The summed E-state index contributed by atoms with van der Waals surface area (Å²) in [6.45, 7) is -0.212. The maximum absolute atomic E-state index is 12.1. The first kappa shape index (κ1) is 20.8. The molecular formula is C19H16Cl2N2O6. The van der Waals surface area contributed by atoms with E-state index in [-0.39, 0.29) is 29.0 Å². The van der Waals surface area contributed by atoms with Gasteiger partial charge in [-0.05, 0) is 30.3 Å². The zero-order valence-electron chi connectivity index (χ0n) is 15.7. The van der Waals surface area contributed by atoms with Crippen LogP contribution in [0.1, 0.15) is 16.2 Å². The number of benzene rings is 2. The Kier molecular flexibility index (Phi) is 6.46. The summed E-state index contributed by atoms with van der Waals surface area (Å²) < 4.78 is 26.7. The molecule has 8 nitrogen and oxygen atoms in total. The molecule has 0 unspecified atom stereocenters. The Labute approximate surface area is 176 Å². The van der Waals surface area contributed by atoms with E-state index in [2.05, 4.69) is 10.2 Å². The Morgan fingerprint density at radius 2 is 1.66 bits per heavy atom. The summed E-state index contributed by atoms with van der Waals surface area (Å²) in [6, 6.07) is 7.77. The molecule has 0 radical (unpaired) electrons. The highest BCUT2D eigenvalue weighted by Crippen LogP contribution is 2.40. The third kappa shape index (κ3) is 4.55. The largest absolute Gasteiger partial charge is 0.493 e. The zero-order valence-corrected chi connectivity index (χ0v) is 17.2. The van der Waals surface area contributed by atoms with Crippen LogP contribution in [0.3, 0.4) is 0 Å². The van der Waals surface area contributed by atoms with Crippen LogP contribution in [-0.2, 0) is 11.3 Å². The van der Waals surface area contributed by atoms with E-state index < -0.39 is 5.97 Å². The molecule has 0 N–H and O–H groups in total. The van der Waals surface area contributed by atoms with E-state index in [1.165, 1.54) is 39.5 Å². The Balaban J connectivity index is 1.75. The number of carbonyl (C=O) groups is 1. The number of hydrogen-bond donors (Lipinski definition) is 0. The number of hydrogen-bond acceptors (Lipinski definition) is 8. The van der Waals surface area contributed by atoms with Crippen LogP contribution in [0.4, 0.5) is 0 Å². The molecule has 0 aliphatic rings. The molecule has 29 heavy (non-hydrogen) atoms. The van der Waals surface area contributed by atoms with Crippen molar-refractivity contribution >= 4 is 29.2 Å². The third-order valence-corrected chi connectivity index (χ3v) is 4.60. The van der Waals surface area contributed by atoms with Crippen LogP contribution < -0.4 is 14.2 Å². The number of ether oxygens (including phenoxy) is 4. The fourth-order valence-corrected chi connectivity index (χ4v) is 2.76. The van der Waals surface area contributed by atoms with Gasteiger partial charge < -0.3 is 23.4 Å². The summed E-state index contributed by atoms with van der Waals surface area (Å²) in [5.41, 5.74) is 0.804. The van der Waals surface area contributed by atoms with Gasteiger partial charge in [0.15, 0.2) is 18.1 Å². The van der Waals surface area contributed by atoms with Gasteiger partial charge in [0.25, 0.3) is 5.89 Å². The summed E-state index contributed by atoms with van der Waals surface area (Å²) in [5, 5.41) is 8.46. The van der Waals surface area contributed by atoms with Crippen LogP contribution in [0.2, 0.25) is 10.0 Å². The minimum absolute atomic E-state index is 0.113. The van der Waals surface area contributed by atoms with Gasteiger partial charge in [-0.15, -0.1) is 10.2 Å². The summed E-state index contributed by atoms with van der Waals surface area (Å²) >= 11 is 11.7. The van der Waals surface area contributed by atoms with Crippen molar-refractivity contribution in [3.63, 3.8) is 0 Å². The van der Waals surface area contributed by atoms with Gasteiger partial charge in [0.1, 0.15) is 0 Å². The second kappa shape index (κ2) is 9.02. The minimum atomic E-state index is -0.601. The van der Waals surface area contributed by atoms with E-state index in [1.807, 2.05) is 0 Å². The van der Waals surface area contributed by atoms with Crippen LogP contribution in [0.15, 0.2) is 34.7 Å². The highest BCUT2D eigenvalue weighted by Gasteiger charge is 2.18. The van der Waals surface area contributed by atoms with E-state index in [4.69, 9.17) is 46.6 Å². The molecule has 152 valence electrons. The molecule has 1 heterocycles.